The molecule has 0 aliphatic carbocycles. The summed E-state index contributed by atoms with van der Waals surface area (Å²) in [7, 11) is 0. The number of hydrogen-bond donors (Lipinski definition) is 1. The first-order chi connectivity index (χ1) is 9.33. The molecule has 3 heterocycles. The van der Waals surface area contributed by atoms with Crippen LogP contribution in [0.15, 0.2) is 36.9 Å². The van der Waals surface area contributed by atoms with Crippen molar-refractivity contribution in [2.24, 2.45) is 5.73 Å². The number of hydrogen-bond acceptors (Lipinski definition) is 3. The molecule has 98 valence electrons. The lowest BCUT2D eigenvalue weighted by atomic mass is 10.2. The van der Waals surface area contributed by atoms with Gasteiger partial charge in [0.05, 0.1) is 6.54 Å². The zero-order valence-electron chi connectivity index (χ0n) is 11.0. The molecule has 0 bridgehead atoms. The van der Waals surface area contributed by atoms with Gasteiger partial charge in [-0.3, -0.25) is 0 Å². The molecule has 0 aliphatic heterocycles. The van der Waals surface area contributed by atoms with E-state index in [1.165, 1.54) is 0 Å². The lowest BCUT2D eigenvalue weighted by Gasteiger charge is -2.06. The zero-order valence-corrected chi connectivity index (χ0v) is 11.0. The standard InChI is InChI=1S/C14H17N5/c1-2-18-7-6-16-13(18)10-19-9-11(8-15)12-4-3-5-17-14(12)19/h3-7,9H,2,8,10,15H2,1H3. The normalized spacial score (nSPS) is 11.3. The average molecular weight is 255 g/mol. The SMILES string of the molecule is CCn1ccnc1Cn1cc(CN)c2cccnc21. The predicted molar refractivity (Wildman–Crippen MR) is 74.6 cm³/mol. The van der Waals surface area contributed by atoms with Gasteiger partial charge in [0.15, 0.2) is 0 Å². The van der Waals surface area contributed by atoms with E-state index in [1.54, 1.807) is 0 Å². The second-order valence-corrected chi connectivity index (χ2v) is 4.49. The summed E-state index contributed by atoms with van der Waals surface area (Å²) in [5.74, 6) is 1.04. The fourth-order valence-electron chi connectivity index (χ4n) is 2.41. The van der Waals surface area contributed by atoms with Crippen molar-refractivity contribution in [3.8, 4) is 0 Å². The number of rotatable bonds is 4. The molecule has 5 nitrogen and oxygen atoms in total. The molecule has 0 atom stereocenters. The Morgan fingerprint density at radius 3 is 2.89 bits per heavy atom. The molecule has 0 aliphatic rings. The van der Waals surface area contributed by atoms with E-state index in [0.29, 0.717) is 13.1 Å². The van der Waals surface area contributed by atoms with E-state index in [9.17, 15) is 0 Å². The highest BCUT2D eigenvalue weighted by Crippen LogP contribution is 2.19. The molecular weight excluding hydrogens is 238 g/mol. The maximum absolute atomic E-state index is 5.80. The number of nitrogens with zero attached hydrogens (tertiary/aromatic N) is 4. The molecule has 0 spiro atoms. The van der Waals surface area contributed by atoms with Gasteiger partial charge in [0, 0.05) is 43.3 Å². The largest absolute Gasteiger partial charge is 0.334 e. The Balaban J connectivity index is 2.06. The number of aromatic nitrogens is 4. The number of fused-ring (bicyclic) bond motifs is 1. The summed E-state index contributed by atoms with van der Waals surface area (Å²) in [6.45, 7) is 4.28. The summed E-state index contributed by atoms with van der Waals surface area (Å²) in [5, 5.41) is 1.12. The van der Waals surface area contributed by atoms with E-state index in [1.807, 2.05) is 24.7 Å². The molecule has 3 aromatic heterocycles. The van der Waals surface area contributed by atoms with Crippen LogP contribution in [0.25, 0.3) is 11.0 Å². The van der Waals surface area contributed by atoms with E-state index >= 15 is 0 Å². The van der Waals surface area contributed by atoms with Crippen molar-refractivity contribution < 1.29 is 0 Å². The summed E-state index contributed by atoms with van der Waals surface area (Å²) in [6, 6.07) is 4.01. The molecule has 0 amide bonds. The topological polar surface area (TPSA) is 61.7 Å². The van der Waals surface area contributed by atoms with Crippen molar-refractivity contribution in [1.29, 1.82) is 0 Å². The Bertz CT molecular complexity index is 695. The van der Waals surface area contributed by atoms with E-state index in [0.717, 1.165) is 29.0 Å². The lowest BCUT2D eigenvalue weighted by Crippen LogP contribution is -2.07. The van der Waals surface area contributed by atoms with E-state index in [2.05, 4.69) is 38.3 Å². The third kappa shape index (κ3) is 2.02. The summed E-state index contributed by atoms with van der Waals surface area (Å²) in [4.78, 5) is 8.86. The van der Waals surface area contributed by atoms with Crippen molar-refractivity contribution in [2.45, 2.75) is 26.6 Å². The minimum atomic E-state index is 0.525. The third-order valence-corrected chi connectivity index (χ3v) is 3.39. The van der Waals surface area contributed by atoms with E-state index < -0.39 is 0 Å². The first kappa shape index (κ1) is 11.9. The Hall–Kier alpha value is -2.14. The van der Waals surface area contributed by atoms with Gasteiger partial charge in [-0.25, -0.2) is 9.97 Å². The van der Waals surface area contributed by atoms with Gasteiger partial charge in [0.25, 0.3) is 0 Å². The molecule has 0 aromatic carbocycles. The molecule has 3 aromatic rings. The lowest BCUT2D eigenvalue weighted by molar-refractivity contribution is 0.658. The van der Waals surface area contributed by atoms with Crippen molar-refractivity contribution >= 4 is 11.0 Å². The number of imidazole rings is 1. The van der Waals surface area contributed by atoms with Gasteiger partial charge in [0.2, 0.25) is 0 Å². The second kappa shape index (κ2) is 4.85. The molecule has 0 saturated heterocycles. The zero-order chi connectivity index (χ0) is 13.2. The quantitative estimate of drug-likeness (QED) is 0.772. The highest BCUT2D eigenvalue weighted by molar-refractivity contribution is 5.80. The predicted octanol–water partition coefficient (Wildman–Crippen LogP) is 1.76. The Morgan fingerprint density at radius 2 is 2.11 bits per heavy atom. The van der Waals surface area contributed by atoms with Crippen LogP contribution in [-0.2, 0) is 19.6 Å². The molecule has 0 saturated carbocycles. The molecule has 0 radical (unpaired) electrons. The average Bonchev–Trinajstić information content (AvgIpc) is 3.04. The van der Waals surface area contributed by atoms with Crippen LogP contribution in [0.3, 0.4) is 0 Å². The van der Waals surface area contributed by atoms with Crippen LogP contribution in [0.2, 0.25) is 0 Å². The second-order valence-electron chi connectivity index (χ2n) is 4.49. The van der Waals surface area contributed by atoms with Gasteiger partial charge in [-0.05, 0) is 24.6 Å². The molecule has 0 unspecified atom stereocenters. The minimum Gasteiger partial charge on any atom is -0.334 e. The Labute approximate surface area is 111 Å². The third-order valence-electron chi connectivity index (χ3n) is 3.39. The van der Waals surface area contributed by atoms with Crippen LogP contribution in [0, 0.1) is 0 Å². The van der Waals surface area contributed by atoms with Crippen LogP contribution in [0.4, 0.5) is 0 Å². The van der Waals surface area contributed by atoms with Crippen LogP contribution in [0.5, 0.6) is 0 Å². The first-order valence-corrected chi connectivity index (χ1v) is 6.46. The smallest absolute Gasteiger partial charge is 0.140 e. The van der Waals surface area contributed by atoms with Crippen molar-refractivity contribution in [2.75, 3.05) is 0 Å². The molecule has 0 fully saturated rings. The van der Waals surface area contributed by atoms with Crippen molar-refractivity contribution in [1.82, 2.24) is 19.1 Å². The summed E-state index contributed by atoms with van der Waals surface area (Å²) < 4.78 is 4.25. The van der Waals surface area contributed by atoms with Crippen LogP contribution < -0.4 is 5.73 Å². The van der Waals surface area contributed by atoms with Gasteiger partial charge in [-0.15, -0.1) is 0 Å². The summed E-state index contributed by atoms with van der Waals surface area (Å²) in [6.07, 6.45) is 7.72. The van der Waals surface area contributed by atoms with Crippen LogP contribution in [-0.4, -0.2) is 19.1 Å². The van der Waals surface area contributed by atoms with Crippen LogP contribution in [0.1, 0.15) is 18.3 Å². The number of pyridine rings is 1. The van der Waals surface area contributed by atoms with E-state index in [-0.39, 0.29) is 0 Å². The van der Waals surface area contributed by atoms with Gasteiger partial charge in [-0.2, -0.15) is 0 Å². The first-order valence-electron chi connectivity index (χ1n) is 6.46. The number of aryl methyl sites for hydroxylation is 1. The fourth-order valence-corrected chi connectivity index (χ4v) is 2.41. The van der Waals surface area contributed by atoms with E-state index in [4.69, 9.17) is 5.73 Å². The van der Waals surface area contributed by atoms with Gasteiger partial charge in [-0.1, -0.05) is 0 Å². The molecule has 3 rings (SSSR count). The summed E-state index contributed by atoms with van der Waals surface area (Å²) >= 11 is 0. The Morgan fingerprint density at radius 1 is 1.21 bits per heavy atom. The van der Waals surface area contributed by atoms with Gasteiger partial charge < -0.3 is 14.9 Å². The molecule has 5 heteroatoms. The minimum absolute atomic E-state index is 0.525. The van der Waals surface area contributed by atoms with Gasteiger partial charge >= 0.3 is 0 Å². The highest BCUT2D eigenvalue weighted by Gasteiger charge is 2.10. The molecule has 2 N–H and O–H groups in total. The molecular formula is C14H17N5. The summed E-state index contributed by atoms with van der Waals surface area (Å²) in [5.41, 5.74) is 7.89. The molecule has 19 heavy (non-hydrogen) atoms. The fraction of sp³-hybridized carbons (Fsp3) is 0.286. The maximum Gasteiger partial charge on any atom is 0.140 e. The Kier molecular flexibility index (Phi) is 3.05. The van der Waals surface area contributed by atoms with Crippen molar-refractivity contribution in [3.63, 3.8) is 0 Å². The highest BCUT2D eigenvalue weighted by atomic mass is 15.1. The number of nitrogens with two attached hydrogens (primary N) is 1. The monoisotopic (exact) mass is 255 g/mol. The van der Waals surface area contributed by atoms with Crippen LogP contribution >= 0.6 is 0 Å². The maximum atomic E-state index is 5.80. The van der Waals surface area contributed by atoms with Gasteiger partial charge in [0.1, 0.15) is 11.5 Å². The van der Waals surface area contributed by atoms with Crippen molar-refractivity contribution in [3.05, 3.63) is 48.3 Å².